The number of amides is 1. The highest BCUT2D eigenvalue weighted by molar-refractivity contribution is 6.03. The second-order valence-corrected chi connectivity index (χ2v) is 7.14. The maximum Gasteiger partial charge on any atom is 0.359 e. The van der Waals surface area contributed by atoms with Crippen LogP contribution in [0.15, 0.2) is 77.6 Å². The largest absolute Gasteiger partial charge is 0.497 e. The van der Waals surface area contributed by atoms with Crippen molar-refractivity contribution >= 4 is 28.3 Å². The topological polar surface area (TPSA) is 109 Å². The summed E-state index contributed by atoms with van der Waals surface area (Å²) in [6.07, 6.45) is 0. The molecule has 0 saturated carbocycles. The number of anilines is 1. The first kappa shape index (κ1) is 22.5. The number of fused-ring (bicyclic) bond motifs is 1. The minimum absolute atomic E-state index is 0.0751. The van der Waals surface area contributed by atoms with Crippen molar-refractivity contribution in [2.45, 2.75) is 0 Å². The molecule has 0 aliphatic heterocycles. The summed E-state index contributed by atoms with van der Waals surface area (Å²) in [5.41, 5.74) is 0.443. The number of carbonyl (C=O) groups excluding carboxylic acids is 2. The molecule has 4 aromatic rings. The molecule has 9 heteroatoms. The molecule has 0 bridgehead atoms. The monoisotopic (exact) mass is 459 g/mol. The van der Waals surface area contributed by atoms with Crippen LogP contribution >= 0.6 is 0 Å². The predicted octanol–water partition coefficient (Wildman–Crippen LogP) is 3.20. The molecule has 1 N–H and O–H groups in total. The lowest BCUT2D eigenvalue weighted by Gasteiger charge is -2.12. The van der Waals surface area contributed by atoms with E-state index < -0.39 is 18.5 Å². The van der Waals surface area contributed by atoms with Gasteiger partial charge in [0.2, 0.25) is 0 Å². The maximum absolute atomic E-state index is 12.9. The van der Waals surface area contributed by atoms with Crippen molar-refractivity contribution in [2.75, 3.05) is 26.1 Å². The molecule has 0 radical (unpaired) electrons. The molecule has 0 aliphatic rings. The molecular formula is C25H21N3O6. The van der Waals surface area contributed by atoms with Gasteiger partial charge in [0.15, 0.2) is 12.3 Å². The van der Waals surface area contributed by atoms with Crippen molar-refractivity contribution < 1.29 is 23.8 Å². The Morgan fingerprint density at radius 2 is 1.62 bits per heavy atom. The molecule has 1 amide bonds. The van der Waals surface area contributed by atoms with E-state index in [-0.39, 0.29) is 11.3 Å². The number of nitrogens with one attached hydrogen (secondary N) is 1. The summed E-state index contributed by atoms with van der Waals surface area (Å²) >= 11 is 0. The zero-order chi connectivity index (χ0) is 24.1. The van der Waals surface area contributed by atoms with Gasteiger partial charge in [0.25, 0.3) is 11.5 Å². The van der Waals surface area contributed by atoms with Gasteiger partial charge >= 0.3 is 5.97 Å². The van der Waals surface area contributed by atoms with E-state index in [2.05, 4.69) is 10.4 Å². The number of esters is 1. The van der Waals surface area contributed by atoms with E-state index in [0.29, 0.717) is 33.6 Å². The predicted molar refractivity (Wildman–Crippen MR) is 126 cm³/mol. The van der Waals surface area contributed by atoms with E-state index in [1.165, 1.54) is 14.2 Å². The maximum atomic E-state index is 12.9. The first-order valence-electron chi connectivity index (χ1n) is 10.3. The van der Waals surface area contributed by atoms with Crippen LogP contribution in [0.1, 0.15) is 10.5 Å². The second-order valence-electron chi connectivity index (χ2n) is 7.14. The van der Waals surface area contributed by atoms with E-state index in [4.69, 9.17) is 14.2 Å². The minimum atomic E-state index is -0.835. The van der Waals surface area contributed by atoms with Gasteiger partial charge in [0.05, 0.1) is 31.0 Å². The van der Waals surface area contributed by atoms with Crippen LogP contribution in [0, 0.1) is 0 Å². The van der Waals surface area contributed by atoms with Gasteiger partial charge in [-0.2, -0.15) is 9.78 Å². The quantitative estimate of drug-likeness (QED) is 0.423. The van der Waals surface area contributed by atoms with Crippen molar-refractivity contribution in [3.63, 3.8) is 0 Å². The van der Waals surface area contributed by atoms with Crippen LogP contribution < -0.4 is 20.3 Å². The molecular weight excluding hydrogens is 438 g/mol. The van der Waals surface area contributed by atoms with E-state index in [1.54, 1.807) is 72.8 Å². The summed E-state index contributed by atoms with van der Waals surface area (Å²) in [7, 11) is 2.98. The fourth-order valence-corrected chi connectivity index (χ4v) is 3.37. The number of ether oxygens (including phenoxy) is 3. The van der Waals surface area contributed by atoms with Gasteiger partial charge in [0, 0.05) is 11.5 Å². The third kappa shape index (κ3) is 4.58. The smallest absolute Gasteiger partial charge is 0.359 e. The zero-order valence-corrected chi connectivity index (χ0v) is 18.5. The average Bonchev–Trinajstić information content (AvgIpc) is 2.88. The van der Waals surface area contributed by atoms with E-state index in [0.717, 1.165) is 4.68 Å². The van der Waals surface area contributed by atoms with Gasteiger partial charge in [-0.3, -0.25) is 9.59 Å². The number of hydrogen-bond donors (Lipinski definition) is 1. The van der Waals surface area contributed by atoms with Crippen molar-refractivity contribution in [1.82, 2.24) is 9.78 Å². The zero-order valence-electron chi connectivity index (χ0n) is 18.5. The number of carbonyl (C=O) groups is 2. The molecule has 0 aliphatic carbocycles. The number of hydrogen-bond acceptors (Lipinski definition) is 7. The molecule has 0 fully saturated rings. The Labute approximate surface area is 194 Å². The van der Waals surface area contributed by atoms with Gasteiger partial charge in [0.1, 0.15) is 11.5 Å². The van der Waals surface area contributed by atoms with Crippen LogP contribution in [0.5, 0.6) is 11.5 Å². The first-order chi connectivity index (χ1) is 16.5. The molecule has 0 spiro atoms. The Bertz CT molecular complexity index is 1420. The molecule has 0 atom stereocenters. The Morgan fingerprint density at radius 1 is 0.912 bits per heavy atom. The van der Waals surface area contributed by atoms with E-state index in [1.807, 2.05) is 0 Å². The van der Waals surface area contributed by atoms with Crippen LogP contribution in [-0.2, 0) is 9.53 Å². The molecule has 1 heterocycles. The Morgan fingerprint density at radius 3 is 2.32 bits per heavy atom. The third-order valence-corrected chi connectivity index (χ3v) is 5.02. The lowest BCUT2D eigenvalue weighted by molar-refractivity contribution is -0.119. The highest BCUT2D eigenvalue weighted by atomic mass is 16.5. The van der Waals surface area contributed by atoms with Gasteiger partial charge in [-0.05, 0) is 30.3 Å². The molecule has 1 aromatic heterocycles. The van der Waals surface area contributed by atoms with Crippen molar-refractivity contribution in [2.24, 2.45) is 0 Å². The molecule has 34 heavy (non-hydrogen) atoms. The SMILES string of the molecule is COc1ccc(NC(=O)COC(=O)c2nn(-c3ccccc3)c(=O)c3ccccc23)c(OC)c1. The number of nitrogens with zero attached hydrogens (tertiary/aromatic N) is 2. The Balaban J connectivity index is 1.57. The summed E-state index contributed by atoms with van der Waals surface area (Å²) in [4.78, 5) is 38.3. The van der Waals surface area contributed by atoms with Gasteiger partial charge < -0.3 is 19.5 Å². The number of benzene rings is 3. The molecule has 172 valence electrons. The van der Waals surface area contributed by atoms with Gasteiger partial charge in [-0.15, -0.1) is 0 Å². The Kier molecular flexibility index (Phi) is 6.54. The molecule has 0 unspecified atom stereocenters. The van der Waals surface area contributed by atoms with Crippen LogP contribution in [0.3, 0.4) is 0 Å². The first-order valence-corrected chi connectivity index (χ1v) is 10.3. The molecule has 0 saturated heterocycles. The summed E-state index contributed by atoms with van der Waals surface area (Å²) < 4.78 is 16.8. The number of para-hydroxylation sites is 1. The lowest BCUT2D eigenvalue weighted by Crippen LogP contribution is -2.26. The van der Waals surface area contributed by atoms with Crippen LogP contribution in [0.25, 0.3) is 16.5 Å². The summed E-state index contributed by atoms with van der Waals surface area (Å²) in [5, 5.41) is 7.52. The lowest BCUT2D eigenvalue weighted by atomic mass is 10.1. The molecule has 3 aromatic carbocycles. The third-order valence-electron chi connectivity index (χ3n) is 5.02. The fraction of sp³-hybridized carbons (Fsp3) is 0.120. The molecule has 4 rings (SSSR count). The Hall–Kier alpha value is -4.66. The highest BCUT2D eigenvalue weighted by Crippen LogP contribution is 2.29. The normalized spacial score (nSPS) is 10.5. The average molecular weight is 459 g/mol. The number of aromatic nitrogens is 2. The van der Waals surface area contributed by atoms with Gasteiger partial charge in [-0.1, -0.05) is 36.4 Å². The summed E-state index contributed by atoms with van der Waals surface area (Å²) in [5.74, 6) is -0.454. The van der Waals surface area contributed by atoms with Crippen LogP contribution in [0.4, 0.5) is 5.69 Å². The van der Waals surface area contributed by atoms with Crippen LogP contribution in [0.2, 0.25) is 0 Å². The summed E-state index contributed by atoms with van der Waals surface area (Å²) in [6.45, 7) is -0.561. The van der Waals surface area contributed by atoms with Gasteiger partial charge in [-0.25, -0.2) is 4.79 Å². The summed E-state index contributed by atoms with van der Waals surface area (Å²) in [6, 6.07) is 20.2. The second kappa shape index (κ2) is 9.86. The van der Waals surface area contributed by atoms with E-state index >= 15 is 0 Å². The highest BCUT2D eigenvalue weighted by Gasteiger charge is 2.20. The van der Waals surface area contributed by atoms with E-state index in [9.17, 15) is 14.4 Å². The van der Waals surface area contributed by atoms with Crippen molar-refractivity contribution in [3.8, 4) is 17.2 Å². The molecule has 9 nitrogen and oxygen atoms in total. The standard InChI is InChI=1S/C25H21N3O6/c1-32-17-12-13-20(21(14-17)33-2)26-22(29)15-34-25(31)23-18-10-6-7-11-19(18)24(30)28(27-23)16-8-4-3-5-9-16/h3-14H,15H2,1-2H3,(H,26,29). The van der Waals surface area contributed by atoms with Crippen LogP contribution in [-0.4, -0.2) is 42.5 Å². The minimum Gasteiger partial charge on any atom is -0.497 e. The number of methoxy groups -OCH3 is 2. The number of rotatable bonds is 7. The fourth-order valence-electron chi connectivity index (χ4n) is 3.37. The van der Waals surface area contributed by atoms with Crippen molar-refractivity contribution in [1.29, 1.82) is 0 Å². The van der Waals surface area contributed by atoms with Crippen molar-refractivity contribution in [3.05, 3.63) is 88.8 Å².